The van der Waals surface area contributed by atoms with Crippen LogP contribution in [0.5, 0.6) is 0 Å². The maximum Gasteiger partial charge on any atom is 0.272 e. The Bertz CT molecular complexity index is 1260. The number of amides is 3. The second kappa shape index (κ2) is 8.78. The molecule has 182 valence electrons. The molecule has 2 bridgehead atoms. The van der Waals surface area contributed by atoms with E-state index in [2.05, 4.69) is 31.2 Å². The molecule has 1 aromatic carbocycles. The molecule has 5 rings (SSSR count). The standard InChI is InChI=1S/C26H28BrN5O3/c1-26(2,3)22(30-23(33)21-10-15-6-4-5-7-19(15)29-21)25(35)32-14-17-11-18(32)13-31(17)24(34)20-9-8-16(27)12-28-20/h4-10,12,17-18,22,29H,11,13-14H2,1-3H3,(H,30,33). The molecular weight excluding hydrogens is 510 g/mol. The first-order chi connectivity index (χ1) is 16.6. The van der Waals surface area contributed by atoms with Gasteiger partial charge in [0.15, 0.2) is 0 Å². The van der Waals surface area contributed by atoms with Crippen LogP contribution in [-0.4, -0.2) is 68.7 Å². The Morgan fingerprint density at radius 2 is 1.80 bits per heavy atom. The molecule has 2 N–H and O–H groups in total. The molecule has 2 saturated heterocycles. The van der Waals surface area contributed by atoms with Crippen LogP contribution in [0.15, 0.2) is 53.1 Å². The zero-order valence-corrected chi connectivity index (χ0v) is 21.5. The van der Waals surface area contributed by atoms with Crippen LogP contribution in [0.2, 0.25) is 0 Å². The van der Waals surface area contributed by atoms with E-state index in [9.17, 15) is 14.4 Å². The van der Waals surface area contributed by atoms with E-state index in [4.69, 9.17) is 0 Å². The zero-order valence-electron chi connectivity index (χ0n) is 19.9. The number of nitrogens with one attached hydrogen (secondary N) is 2. The SMILES string of the molecule is CC(C)(C)C(NC(=O)c1cc2ccccc2[nH]1)C(=O)N1CC2CC1CN2C(=O)c1ccc(Br)cn1. The van der Waals surface area contributed by atoms with Gasteiger partial charge in [0.05, 0.1) is 12.1 Å². The number of carbonyl (C=O) groups is 3. The fourth-order valence-electron chi connectivity index (χ4n) is 5.05. The lowest BCUT2D eigenvalue weighted by molar-refractivity contribution is -0.138. The Hall–Kier alpha value is -3.20. The van der Waals surface area contributed by atoms with Crippen molar-refractivity contribution in [1.82, 2.24) is 25.1 Å². The topological polar surface area (TPSA) is 98.4 Å². The molecule has 0 spiro atoms. The third-order valence-corrected chi connectivity index (χ3v) is 7.36. The Kier molecular flexibility index (Phi) is 5.91. The molecule has 3 amide bonds. The van der Waals surface area contributed by atoms with Gasteiger partial charge in [0.1, 0.15) is 17.4 Å². The summed E-state index contributed by atoms with van der Waals surface area (Å²) in [4.78, 5) is 50.8. The average Bonchev–Trinajstić information content (AvgIpc) is 3.55. The van der Waals surface area contributed by atoms with Gasteiger partial charge in [0.2, 0.25) is 5.91 Å². The maximum absolute atomic E-state index is 13.7. The summed E-state index contributed by atoms with van der Waals surface area (Å²) >= 11 is 3.34. The number of halogens is 1. The maximum atomic E-state index is 13.7. The minimum absolute atomic E-state index is 0.0491. The molecule has 3 unspecified atom stereocenters. The van der Waals surface area contributed by atoms with Gasteiger partial charge >= 0.3 is 0 Å². The van der Waals surface area contributed by atoms with E-state index < -0.39 is 11.5 Å². The lowest BCUT2D eigenvalue weighted by Crippen LogP contribution is -2.59. The number of piperazine rings is 1. The van der Waals surface area contributed by atoms with Crippen molar-refractivity contribution in [3.05, 3.63) is 64.5 Å². The summed E-state index contributed by atoms with van der Waals surface area (Å²) < 4.78 is 0.816. The molecule has 2 fully saturated rings. The summed E-state index contributed by atoms with van der Waals surface area (Å²) in [6.07, 6.45) is 2.35. The van der Waals surface area contributed by atoms with Crippen LogP contribution >= 0.6 is 15.9 Å². The predicted molar refractivity (Wildman–Crippen MR) is 136 cm³/mol. The highest BCUT2D eigenvalue weighted by Crippen LogP contribution is 2.34. The first-order valence-electron chi connectivity index (χ1n) is 11.7. The highest BCUT2D eigenvalue weighted by Gasteiger charge is 2.50. The van der Waals surface area contributed by atoms with E-state index in [1.165, 1.54) is 0 Å². The number of nitrogens with zero attached hydrogens (tertiary/aromatic N) is 3. The minimum atomic E-state index is -0.696. The van der Waals surface area contributed by atoms with Gasteiger partial charge < -0.3 is 20.1 Å². The number of aromatic amines is 1. The van der Waals surface area contributed by atoms with Gasteiger partial charge in [0, 0.05) is 34.7 Å². The number of aromatic nitrogens is 2. The highest BCUT2D eigenvalue weighted by atomic mass is 79.9. The largest absolute Gasteiger partial charge is 0.351 e. The van der Waals surface area contributed by atoms with Gasteiger partial charge in [-0.3, -0.25) is 14.4 Å². The smallest absolute Gasteiger partial charge is 0.272 e. The molecule has 4 heterocycles. The summed E-state index contributed by atoms with van der Waals surface area (Å²) in [7, 11) is 0. The number of hydrogen-bond donors (Lipinski definition) is 2. The fraction of sp³-hybridized carbons (Fsp3) is 0.385. The lowest BCUT2D eigenvalue weighted by Gasteiger charge is -2.39. The summed E-state index contributed by atoms with van der Waals surface area (Å²) in [6, 6.07) is 12.2. The van der Waals surface area contributed by atoms with E-state index in [1.807, 2.05) is 54.8 Å². The number of H-pyrrole nitrogens is 1. The molecule has 3 aromatic rings. The van der Waals surface area contributed by atoms with Crippen LogP contribution in [0.25, 0.3) is 10.9 Å². The van der Waals surface area contributed by atoms with Crippen molar-refractivity contribution in [2.24, 2.45) is 5.41 Å². The second-order valence-corrected chi connectivity index (χ2v) is 11.3. The van der Waals surface area contributed by atoms with Crippen molar-refractivity contribution < 1.29 is 14.4 Å². The van der Waals surface area contributed by atoms with Crippen molar-refractivity contribution in [2.45, 2.75) is 45.3 Å². The van der Waals surface area contributed by atoms with Crippen LogP contribution in [0.4, 0.5) is 0 Å². The summed E-state index contributed by atoms with van der Waals surface area (Å²) in [6.45, 7) is 6.78. The molecule has 8 nitrogen and oxygen atoms in total. The molecule has 2 aliphatic rings. The third kappa shape index (κ3) is 4.45. The van der Waals surface area contributed by atoms with E-state index in [1.54, 1.807) is 24.4 Å². The van der Waals surface area contributed by atoms with Crippen LogP contribution in [0.1, 0.15) is 48.2 Å². The molecule has 3 atom stereocenters. The van der Waals surface area contributed by atoms with E-state index in [-0.39, 0.29) is 29.8 Å². The number of rotatable bonds is 4. The molecule has 9 heteroatoms. The van der Waals surface area contributed by atoms with Gasteiger partial charge in [0.25, 0.3) is 11.8 Å². The number of fused-ring (bicyclic) bond motifs is 3. The third-order valence-electron chi connectivity index (χ3n) is 6.89. The monoisotopic (exact) mass is 537 g/mol. The number of carbonyl (C=O) groups excluding carboxylic acids is 3. The molecule has 0 radical (unpaired) electrons. The second-order valence-electron chi connectivity index (χ2n) is 10.4. The molecular formula is C26H28BrN5O3. The van der Waals surface area contributed by atoms with Gasteiger partial charge in [-0.15, -0.1) is 0 Å². The average molecular weight is 538 g/mol. The number of pyridine rings is 1. The molecule has 35 heavy (non-hydrogen) atoms. The van der Waals surface area contributed by atoms with Crippen LogP contribution in [0.3, 0.4) is 0 Å². The van der Waals surface area contributed by atoms with Gasteiger partial charge in [-0.2, -0.15) is 0 Å². The lowest BCUT2D eigenvalue weighted by atomic mass is 9.85. The van der Waals surface area contributed by atoms with Crippen molar-refractivity contribution >= 4 is 44.6 Å². The van der Waals surface area contributed by atoms with Gasteiger partial charge in [-0.1, -0.05) is 39.0 Å². The first kappa shape index (κ1) is 23.5. The Balaban J connectivity index is 1.29. The zero-order chi connectivity index (χ0) is 24.9. The van der Waals surface area contributed by atoms with Crippen LogP contribution in [0, 0.1) is 5.41 Å². The highest BCUT2D eigenvalue weighted by molar-refractivity contribution is 9.10. The van der Waals surface area contributed by atoms with Gasteiger partial charge in [-0.25, -0.2) is 4.98 Å². The number of benzene rings is 1. The summed E-state index contributed by atoms with van der Waals surface area (Å²) in [5, 5.41) is 3.92. The predicted octanol–water partition coefficient (Wildman–Crippen LogP) is 3.60. The van der Waals surface area contributed by atoms with Crippen molar-refractivity contribution in [1.29, 1.82) is 0 Å². The number of hydrogen-bond acceptors (Lipinski definition) is 4. The minimum Gasteiger partial charge on any atom is -0.351 e. The van der Waals surface area contributed by atoms with Crippen molar-refractivity contribution in [2.75, 3.05) is 13.1 Å². The van der Waals surface area contributed by atoms with Crippen molar-refractivity contribution in [3.8, 4) is 0 Å². The quantitative estimate of drug-likeness (QED) is 0.531. The van der Waals surface area contributed by atoms with Crippen LogP contribution in [-0.2, 0) is 4.79 Å². The Morgan fingerprint density at radius 3 is 2.43 bits per heavy atom. The molecule has 0 aliphatic carbocycles. The van der Waals surface area contributed by atoms with E-state index in [0.717, 1.165) is 21.8 Å². The number of para-hydroxylation sites is 1. The molecule has 0 saturated carbocycles. The first-order valence-corrected chi connectivity index (χ1v) is 12.5. The van der Waals surface area contributed by atoms with Crippen molar-refractivity contribution in [3.63, 3.8) is 0 Å². The Morgan fingerprint density at radius 1 is 1.09 bits per heavy atom. The fourth-order valence-corrected chi connectivity index (χ4v) is 5.29. The Labute approximate surface area is 212 Å². The van der Waals surface area contributed by atoms with E-state index in [0.29, 0.717) is 24.5 Å². The van der Waals surface area contributed by atoms with Gasteiger partial charge in [-0.05, 0) is 52.0 Å². The number of likely N-dealkylation sites (tertiary alicyclic amines) is 2. The summed E-state index contributed by atoms with van der Waals surface area (Å²) in [5.41, 5.74) is 1.21. The molecule has 2 aromatic heterocycles. The summed E-state index contributed by atoms with van der Waals surface area (Å²) in [5.74, 6) is -0.531. The molecule has 2 aliphatic heterocycles. The van der Waals surface area contributed by atoms with E-state index >= 15 is 0 Å². The van der Waals surface area contributed by atoms with Crippen LogP contribution < -0.4 is 5.32 Å². The normalized spacial score (nSPS) is 20.3.